The second kappa shape index (κ2) is 8.77. The number of fused-ring (bicyclic) bond motifs is 1. The summed E-state index contributed by atoms with van der Waals surface area (Å²) in [7, 11) is 0. The van der Waals surface area contributed by atoms with E-state index < -0.39 is 36.2 Å². The number of hydrogen-bond donors (Lipinski definition) is 3. The summed E-state index contributed by atoms with van der Waals surface area (Å²) in [5, 5.41) is 12.1. The lowest BCUT2D eigenvalue weighted by Crippen LogP contribution is -2.42. The van der Waals surface area contributed by atoms with Crippen LogP contribution in [0, 0.1) is 0 Å². The van der Waals surface area contributed by atoms with Gasteiger partial charge < -0.3 is 16.4 Å². The van der Waals surface area contributed by atoms with Crippen LogP contribution in [0.4, 0.5) is 37.8 Å². The molecule has 1 fully saturated rings. The molecule has 3 aromatic heterocycles. The fourth-order valence-corrected chi connectivity index (χ4v) is 3.81. The number of nitrogens with zero attached hydrogens (tertiary/aromatic N) is 5. The second-order valence-corrected chi connectivity index (χ2v) is 7.99. The molecule has 4 N–H and O–H groups in total. The molecule has 34 heavy (non-hydrogen) atoms. The van der Waals surface area contributed by atoms with E-state index in [1.807, 2.05) is 5.32 Å². The Morgan fingerprint density at radius 2 is 1.91 bits per heavy atom. The number of alkyl halides is 6. The lowest BCUT2D eigenvalue weighted by atomic mass is 9.91. The molecule has 0 bridgehead atoms. The van der Waals surface area contributed by atoms with Crippen molar-refractivity contribution in [2.75, 3.05) is 10.6 Å². The Balaban J connectivity index is 1.59. The van der Waals surface area contributed by atoms with Crippen molar-refractivity contribution in [3.05, 3.63) is 35.9 Å². The minimum absolute atomic E-state index is 0.0299. The van der Waals surface area contributed by atoms with Crippen molar-refractivity contribution in [2.45, 2.75) is 56.7 Å². The van der Waals surface area contributed by atoms with Crippen molar-refractivity contribution >= 4 is 23.1 Å². The van der Waals surface area contributed by atoms with Gasteiger partial charge in [-0.05, 0) is 18.9 Å². The molecule has 15 heteroatoms. The maximum absolute atomic E-state index is 13.3. The van der Waals surface area contributed by atoms with E-state index in [4.69, 9.17) is 5.73 Å². The average molecular weight is 490 g/mol. The van der Waals surface area contributed by atoms with Crippen LogP contribution in [0.3, 0.4) is 0 Å². The van der Waals surface area contributed by atoms with Crippen molar-refractivity contribution in [3.63, 3.8) is 0 Å². The number of rotatable bonds is 5. The van der Waals surface area contributed by atoms with Gasteiger partial charge in [0.15, 0.2) is 11.3 Å². The van der Waals surface area contributed by atoms with Crippen LogP contribution in [0.15, 0.2) is 24.7 Å². The first kappa shape index (κ1) is 23.8. The molecule has 184 valence electrons. The highest BCUT2D eigenvalue weighted by molar-refractivity contribution is 6.08. The SMILES string of the molecule is N[C@H]1CCCC[C@H]1Nc1ccn2ncc(C(=O)Nc3cn(CC(F)(F)F)nc3C(F)(F)F)c2n1. The van der Waals surface area contributed by atoms with E-state index >= 15 is 0 Å². The molecule has 0 spiro atoms. The summed E-state index contributed by atoms with van der Waals surface area (Å²) in [5.74, 6) is -0.635. The predicted octanol–water partition coefficient (Wildman–Crippen LogP) is 3.44. The van der Waals surface area contributed by atoms with Crippen LogP contribution < -0.4 is 16.4 Å². The van der Waals surface area contributed by atoms with Gasteiger partial charge in [-0.15, -0.1) is 0 Å². The van der Waals surface area contributed by atoms with E-state index in [0.29, 0.717) is 12.0 Å². The van der Waals surface area contributed by atoms with Crippen molar-refractivity contribution in [1.29, 1.82) is 0 Å². The number of carbonyl (C=O) groups excluding carboxylic acids is 1. The third-order valence-electron chi connectivity index (χ3n) is 5.39. The number of hydrogen-bond acceptors (Lipinski definition) is 6. The van der Waals surface area contributed by atoms with Gasteiger partial charge in [-0.3, -0.25) is 9.48 Å². The smallest absolute Gasteiger partial charge is 0.366 e. The second-order valence-electron chi connectivity index (χ2n) is 7.99. The van der Waals surface area contributed by atoms with Gasteiger partial charge >= 0.3 is 12.4 Å². The summed E-state index contributed by atoms with van der Waals surface area (Å²) in [6.45, 7) is -1.75. The summed E-state index contributed by atoms with van der Waals surface area (Å²) < 4.78 is 79.0. The molecule has 1 aliphatic carbocycles. The lowest BCUT2D eigenvalue weighted by Gasteiger charge is -2.29. The zero-order chi connectivity index (χ0) is 24.7. The van der Waals surface area contributed by atoms with Gasteiger partial charge in [0.1, 0.15) is 17.9 Å². The van der Waals surface area contributed by atoms with Crippen LogP contribution in [-0.4, -0.2) is 48.5 Å². The van der Waals surface area contributed by atoms with Gasteiger partial charge in [-0.25, -0.2) is 9.50 Å². The Bertz CT molecular complexity index is 1180. The molecule has 0 aliphatic heterocycles. The molecular formula is C19H20F6N8O. The molecule has 1 amide bonds. The number of nitrogens with one attached hydrogen (secondary N) is 2. The van der Waals surface area contributed by atoms with Crippen molar-refractivity contribution in [1.82, 2.24) is 24.4 Å². The molecule has 1 aliphatic rings. The number of halogens is 6. The minimum atomic E-state index is -5.09. The highest BCUT2D eigenvalue weighted by atomic mass is 19.4. The Kier molecular flexibility index (Phi) is 6.14. The molecule has 1 saturated carbocycles. The third kappa shape index (κ3) is 5.24. The van der Waals surface area contributed by atoms with Crippen molar-refractivity contribution < 1.29 is 31.1 Å². The van der Waals surface area contributed by atoms with Gasteiger partial charge in [-0.2, -0.15) is 36.5 Å². The molecule has 3 heterocycles. The number of anilines is 2. The zero-order valence-corrected chi connectivity index (χ0v) is 17.5. The Labute approximate surface area is 188 Å². The van der Waals surface area contributed by atoms with E-state index in [1.54, 1.807) is 6.07 Å². The van der Waals surface area contributed by atoms with E-state index in [9.17, 15) is 31.1 Å². The number of aromatic nitrogens is 5. The maximum Gasteiger partial charge on any atom is 0.437 e. The van der Waals surface area contributed by atoms with Gasteiger partial charge in [-0.1, -0.05) is 12.8 Å². The number of amides is 1. The molecule has 2 atom stereocenters. The summed E-state index contributed by atoms with van der Waals surface area (Å²) in [5.41, 5.74) is 3.44. The monoisotopic (exact) mass is 490 g/mol. The zero-order valence-electron chi connectivity index (χ0n) is 17.5. The third-order valence-corrected chi connectivity index (χ3v) is 5.39. The molecular weight excluding hydrogens is 470 g/mol. The average Bonchev–Trinajstić information content (AvgIpc) is 3.32. The molecule has 0 saturated heterocycles. The maximum atomic E-state index is 13.3. The fraction of sp³-hybridized carbons (Fsp3) is 0.474. The van der Waals surface area contributed by atoms with Gasteiger partial charge in [0.2, 0.25) is 0 Å². The lowest BCUT2D eigenvalue weighted by molar-refractivity contribution is -0.148. The van der Waals surface area contributed by atoms with Gasteiger partial charge in [0.05, 0.1) is 11.9 Å². The normalized spacial score (nSPS) is 19.4. The first-order valence-corrected chi connectivity index (χ1v) is 10.3. The fourth-order valence-electron chi connectivity index (χ4n) is 3.81. The van der Waals surface area contributed by atoms with Gasteiger partial charge in [0, 0.05) is 24.5 Å². The highest BCUT2D eigenvalue weighted by Gasteiger charge is 2.39. The summed E-state index contributed by atoms with van der Waals surface area (Å²) in [6, 6.07) is 1.51. The Morgan fingerprint density at radius 1 is 1.18 bits per heavy atom. The first-order chi connectivity index (χ1) is 15.9. The van der Waals surface area contributed by atoms with Crippen molar-refractivity contribution in [3.8, 4) is 0 Å². The van der Waals surface area contributed by atoms with Crippen LogP contribution in [0.5, 0.6) is 0 Å². The van der Waals surface area contributed by atoms with E-state index in [-0.39, 0.29) is 28.0 Å². The number of nitrogens with two attached hydrogens (primary N) is 1. The van der Waals surface area contributed by atoms with Crippen LogP contribution in [0.25, 0.3) is 5.65 Å². The van der Waals surface area contributed by atoms with Crippen LogP contribution >= 0.6 is 0 Å². The van der Waals surface area contributed by atoms with Crippen molar-refractivity contribution in [2.24, 2.45) is 5.73 Å². The van der Waals surface area contributed by atoms with E-state index in [0.717, 1.165) is 31.9 Å². The van der Waals surface area contributed by atoms with E-state index in [1.165, 1.54) is 10.7 Å². The molecule has 4 rings (SSSR count). The standard InChI is InChI=1S/C19H20F6N8O/c20-18(21,22)9-32-8-13(15(31-32)19(23,24)25)29-17(34)10-7-27-33-6-5-14(30-16(10)33)28-12-4-2-1-3-11(12)26/h5-8,11-12H,1-4,9,26H2,(H,28,30)(H,29,34)/t11-,12+/m0/s1. The van der Waals surface area contributed by atoms with Crippen LogP contribution in [-0.2, 0) is 12.7 Å². The predicted molar refractivity (Wildman–Crippen MR) is 108 cm³/mol. The Hall–Kier alpha value is -3.36. The van der Waals surface area contributed by atoms with Gasteiger partial charge in [0.25, 0.3) is 5.91 Å². The molecule has 0 unspecified atom stereocenters. The molecule has 9 nitrogen and oxygen atoms in total. The summed E-state index contributed by atoms with van der Waals surface area (Å²) in [6.07, 6.45) is -3.09. The van der Waals surface area contributed by atoms with Crippen LogP contribution in [0.2, 0.25) is 0 Å². The largest absolute Gasteiger partial charge is 0.437 e. The topological polar surface area (TPSA) is 115 Å². The summed E-state index contributed by atoms with van der Waals surface area (Å²) in [4.78, 5) is 17.1. The quantitative estimate of drug-likeness (QED) is 0.472. The Morgan fingerprint density at radius 3 is 2.59 bits per heavy atom. The highest BCUT2D eigenvalue weighted by Crippen LogP contribution is 2.34. The molecule has 3 aromatic rings. The molecule has 0 aromatic carbocycles. The summed E-state index contributed by atoms with van der Waals surface area (Å²) >= 11 is 0. The van der Waals surface area contributed by atoms with E-state index in [2.05, 4.69) is 20.5 Å². The van der Waals surface area contributed by atoms with Crippen LogP contribution in [0.1, 0.15) is 41.7 Å². The first-order valence-electron chi connectivity index (χ1n) is 10.3. The number of carbonyl (C=O) groups is 1. The minimum Gasteiger partial charge on any atom is -0.366 e. The molecule has 0 radical (unpaired) electrons.